The Balaban J connectivity index is 1.92. The largest absolute Gasteiger partial charge is 0.457 e. The first kappa shape index (κ1) is 21.1. The van der Waals surface area contributed by atoms with Crippen LogP contribution in [0.25, 0.3) is 0 Å². The van der Waals surface area contributed by atoms with Crippen molar-refractivity contribution in [2.75, 3.05) is 19.3 Å². The second-order valence-electron chi connectivity index (χ2n) is 6.64. The number of nitrogens with two attached hydrogens (primary N) is 1. The molecule has 0 amide bonds. The van der Waals surface area contributed by atoms with Gasteiger partial charge in [-0.15, -0.1) is 0 Å². The van der Waals surface area contributed by atoms with Crippen molar-refractivity contribution in [2.45, 2.75) is 6.18 Å². The number of alkyl halides is 3. The standard InChI is InChI=1S/C20H20F3N2O3S/c1-29(26,27)25(11-3-4-15(13-24)14-25)17-7-9-18(10-8-17)28-19-6-2-5-16(12-19)20(21,22)23/h2-10,12,14H,11,13,24H2,1H3/q+1. The summed E-state index contributed by atoms with van der Waals surface area (Å²) in [5.74, 6) is 0.320. The van der Waals surface area contributed by atoms with Gasteiger partial charge in [0.05, 0.1) is 11.8 Å². The van der Waals surface area contributed by atoms with Gasteiger partial charge >= 0.3 is 16.2 Å². The molecule has 1 aliphatic rings. The van der Waals surface area contributed by atoms with Gasteiger partial charge in [0.1, 0.15) is 24.2 Å². The molecule has 5 nitrogen and oxygen atoms in total. The lowest BCUT2D eigenvalue weighted by Crippen LogP contribution is -2.50. The first-order chi connectivity index (χ1) is 13.5. The van der Waals surface area contributed by atoms with Crippen LogP contribution in [0, 0.1) is 0 Å². The molecule has 29 heavy (non-hydrogen) atoms. The minimum absolute atomic E-state index is 0.0332. The van der Waals surface area contributed by atoms with Crippen LogP contribution >= 0.6 is 0 Å². The fraction of sp³-hybridized carbons (Fsp3) is 0.200. The molecule has 2 N–H and O–H groups in total. The van der Waals surface area contributed by atoms with E-state index < -0.39 is 25.7 Å². The summed E-state index contributed by atoms with van der Waals surface area (Å²) >= 11 is 0. The van der Waals surface area contributed by atoms with Gasteiger partial charge in [0.25, 0.3) is 0 Å². The molecule has 9 heteroatoms. The summed E-state index contributed by atoms with van der Waals surface area (Å²) in [5.41, 5.74) is 6.02. The highest BCUT2D eigenvalue weighted by molar-refractivity contribution is 7.90. The van der Waals surface area contributed by atoms with Crippen molar-refractivity contribution in [3.8, 4) is 11.5 Å². The number of sulfonamides is 1. The van der Waals surface area contributed by atoms with Crippen LogP contribution in [-0.4, -0.2) is 27.8 Å². The monoisotopic (exact) mass is 425 g/mol. The number of halogens is 3. The number of hydrogen-bond donors (Lipinski definition) is 1. The quantitative estimate of drug-likeness (QED) is 0.730. The summed E-state index contributed by atoms with van der Waals surface area (Å²) in [7, 11) is -3.59. The molecule has 0 bridgehead atoms. The van der Waals surface area contributed by atoms with Gasteiger partial charge in [0.2, 0.25) is 0 Å². The van der Waals surface area contributed by atoms with Gasteiger partial charge < -0.3 is 10.5 Å². The molecule has 0 aliphatic carbocycles. The molecular formula is C20H20F3N2O3S+. The molecule has 0 fully saturated rings. The smallest absolute Gasteiger partial charge is 0.416 e. The average molecular weight is 425 g/mol. The molecule has 2 aromatic carbocycles. The van der Waals surface area contributed by atoms with Gasteiger partial charge in [-0.05, 0) is 36.4 Å². The summed E-state index contributed by atoms with van der Waals surface area (Å²) < 4.78 is 68.8. The second kappa shape index (κ2) is 7.66. The van der Waals surface area contributed by atoms with Crippen molar-refractivity contribution < 1.29 is 26.3 Å². The van der Waals surface area contributed by atoms with Crippen LogP contribution in [0.5, 0.6) is 11.5 Å². The van der Waals surface area contributed by atoms with E-state index in [0.717, 1.165) is 18.4 Å². The van der Waals surface area contributed by atoms with Crippen LogP contribution in [0.3, 0.4) is 0 Å². The lowest BCUT2D eigenvalue weighted by atomic mass is 10.2. The summed E-state index contributed by atoms with van der Waals surface area (Å²) in [4.78, 5) is 0. The van der Waals surface area contributed by atoms with Crippen molar-refractivity contribution in [3.05, 3.63) is 78.0 Å². The Kier molecular flexibility index (Phi) is 5.57. The molecule has 1 heterocycles. The van der Waals surface area contributed by atoms with Crippen LogP contribution in [0.4, 0.5) is 18.9 Å². The molecule has 0 spiro atoms. The van der Waals surface area contributed by atoms with Crippen molar-refractivity contribution in [1.82, 2.24) is 3.89 Å². The maximum absolute atomic E-state index is 12.8. The molecule has 0 saturated carbocycles. The van der Waals surface area contributed by atoms with E-state index >= 15 is 0 Å². The van der Waals surface area contributed by atoms with Gasteiger partial charge in [-0.1, -0.05) is 12.1 Å². The zero-order chi connectivity index (χ0) is 21.3. The Morgan fingerprint density at radius 1 is 1.10 bits per heavy atom. The minimum Gasteiger partial charge on any atom is -0.457 e. The number of benzene rings is 2. The molecule has 1 unspecified atom stereocenters. The highest BCUT2D eigenvalue weighted by Gasteiger charge is 2.40. The van der Waals surface area contributed by atoms with Crippen LogP contribution in [0.1, 0.15) is 5.56 Å². The Bertz CT molecular complexity index is 1060. The van der Waals surface area contributed by atoms with Gasteiger partial charge in [-0.3, -0.25) is 0 Å². The van der Waals surface area contributed by atoms with Crippen molar-refractivity contribution in [1.29, 1.82) is 0 Å². The van der Waals surface area contributed by atoms with Crippen molar-refractivity contribution >= 4 is 15.7 Å². The molecule has 0 aromatic heterocycles. The van der Waals surface area contributed by atoms with Crippen molar-refractivity contribution in [3.63, 3.8) is 0 Å². The molecule has 1 atom stereocenters. The first-order valence-corrected chi connectivity index (χ1v) is 10.5. The number of rotatable bonds is 5. The first-order valence-electron chi connectivity index (χ1n) is 8.67. The highest BCUT2D eigenvalue weighted by Crippen LogP contribution is 2.35. The molecule has 0 saturated heterocycles. The number of quaternary nitrogens is 1. The van der Waals surface area contributed by atoms with Crippen LogP contribution in [0.2, 0.25) is 0 Å². The maximum Gasteiger partial charge on any atom is 0.416 e. The van der Waals surface area contributed by atoms with Crippen LogP contribution in [-0.2, 0) is 16.2 Å². The van der Waals surface area contributed by atoms with E-state index in [0.29, 0.717) is 11.3 Å². The van der Waals surface area contributed by atoms with Gasteiger partial charge in [-0.2, -0.15) is 25.5 Å². The Morgan fingerprint density at radius 2 is 1.79 bits per heavy atom. The molecular weight excluding hydrogens is 405 g/mol. The topological polar surface area (TPSA) is 69.4 Å². The van der Waals surface area contributed by atoms with Gasteiger partial charge in [0.15, 0.2) is 5.69 Å². The molecule has 3 rings (SSSR count). The number of nitrogens with zero attached hydrogens (tertiary/aromatic N) is 1. The molecule has 2 aromatic rings. The van der Waals surface area contributed by atoms with E-state index in [-0.39, 0.29) is 24.6 Å². The predicted octanol–water partition coefficient (Wildman–Crippen LogP) is 4.18. The Labute approximate surface area is 167 Å². The fourth-order valence-electron chi connectivity index (χ4n) is 3.09. The molecule has 154 valence electrons. The zero-order valence-electron chi connectivity index (χ0n) is 15.6. The Hall–Kier alpha value is -2.62. The Morgan fingerprint density at radius 3 is 2.38 bits per heavy atom. The summed E-state index contributed by atoms with van der Waals surface area (Å²) in [6, 6.07) is 10.7. The van der Waals surface area contributed by atoms with E-state index in [2.05, 4.69) is 0 Å². The maximum atomic E-state index is 12.8. The third-order valence-corrected chi connectivity index (χ3v) is 6.23. The van der Waals surface area contributed by atoms with E-state index in [9.17, 15) is 21.6 Å². The predicted molar refractivity (Wildman–Crippen MR) is 106 cm³/mol. The lowest BCUT2D eigenvalue weighted by Gasteiger charge is -2.33. The average Bonchev–Trinajstić information content (AvgIpc) is 2.67. The van der Waals surface area contributed by atoms with Crippen LogP contribution < -0.4 is 14.4 Å². The normalized spacial score (nSPS) is 19.7. The van der Waals surface area contributed by atoms with Gasteiger partial charge in [-0.25, -0.2) is 0 Å². The molecule has 1 aliphatic heterocycles. The van der Waals surface area contributed by atoms with E-state index in [1.54, 1.807) is 30.5 Å². The third kappa shape index (κ3) is 4.36. The van der Waals surface area contributed by atoms with E-state index in [4.69, 9.17) is 10.5 Å². The highest BCUT2D eigenvalue weighted by atomic mass is 32.2. The molecule has 0 radical (unpaired) electrons. The van der Waals surface area contributed by atoms with E-state index in [1.807, 2.05) is 0 Å². The number of ether oxygens (including phenoxy) is 1. The fourth-order valence-corrected chi connectivity index (χ4v) is 4.27. The zero-order valence-corrected chi connectivity index (χ0v) is 16.4. The second-order valence-corrected chi connectivity index (χ2v) is 8.76. The van der Waals surface area contributed by atoms with E-state index in [1.165, 1.54) is 24.3 Å². The third-order valence-electron chi connectivity index (χ3n) is 4.58. The summed E-state index contributed by atoms with van der Waals surface area (Å²) in [5, 5.41) is 0. The summed E-state index contributed by atoms with van der Waals surface area (Å²) in [6.45, 7) is 0.402. The lowest BCUT2D eigenvalue weighted by molar-refractivity contribution is -0.137. The van der Waals surface area contributed by atoms with Gasteiger partial charge in [0, 0.05) is 24.3 Å². The SMILES string of the molecule is CS(=O)(=O)[N+]1(c2ccc(Oc3cccc(C(F)(F)F)c3)cc2)C=C(CN)C=CC1. The number of hydrogen-bond acceptors (Lipinski definition) is 4. The van der Waals surface area contributed by atoms with Crippen LogP contribution in [0.15, 0.2) is 72.5 Å². The van der Waals surface area contributed by atoms with Crippen molar-refractivity contribution in [2.24, 2.45) is 5.73 Å². The minimum atomic E-state index is -4.47. The summed E-state index contributed by atoms with van der Waals surface area (Å²) in [6.07, 6.45) is 1.80.